The van der Waals surface area contributed by atoms with Crippen LogP contribution in [-0.2, 0) is 11.2 Å². The number of hydrogen-bond acceptors (Lipinski definition) is 2. The molecule has 1 aromatic carbocycles. The third-order valence-corrected chi connectivity index (χ3v) is 5.31. The van der Waals surface area contributed by atoms with Crippen LogP contribution < -0.4 is 0 Å². The smallest absolute Gasteiger partial charge is 0.450 e. The molecule has 2 N–H and O–H groups in total. The monoisotopic (exact) mass is 334 g/mol. The van der Waals surface area contributed by atoms with Crippen LogP contribution in [0.4, 0.5) is 4.79 Å². The predicted octanol–water partition coefficient (Wildman–Crippen LogP) is 5.02. The van der Waals surface area contributed by atoms with Crippen molar-refractivity contribution in [1.29, 1.82) is 0 Å². The van der Waals surface area contributed by atoms with E-state index in [1.165, 1.54) is 35.1 Å². The normalized spacial score (nSPS) is 23.1. The molecule has 3 unspecified atom stereocenters. The Kier molecular flexibility index (Phi) is 7.46. The number of carbonyl (C=O) groups is 2. The van der Waals surface area contributed by atoms with E-state index in [1.807, 2.05) is 0 Å². The lowest BCUT2D eigenvalue weighted by molar-refractivity contribution is -0.125. The second-order valence-corrected chi connectivity index (χ2v) is 7.18. The zero-order chi connectivity index (χ0) is 18.4. The van der Waals surface area contributed by atoms with Gasteiger partial charge in [0.25, 0.3) is 0 Å². The largest absolute Gasteiger partial charge is 0.503 e. The molecule has 1 aromatic rings. The van der Waals surface area contributed by atoms with Gasteiger partial charge in [0.1, 0.15) is 5.78 Å². The van der Waals surface area contributed by atoms with E-state index in [-0.39, 0.29) is 5.92 Å². The summed E-state index contributed by atoms with van der Waals surface area (Å²) in [5.41, 5.74) is 5.08. The van der Waals surface area contributed by atoms with Gasteiger partial charge >= 0.3 is 6.16 Å². The van der Waals surface area contributed by atoms with Crippen LogP contribution in [0.3, 0.4) is 0 Å². The van der Waals surface area contributed by atoms with Gasteiger partial charge in [0.15, 0.2) is 0 Å². The van der Waals surface area contributed by atoms with Crippen molar-refractivity contribution in [3.8, 4) is 0 Å². The van der Waals surface area contributed by atoms with E-state index in [9.17, 15) is 4.79 Å². The van der Waals surface area contributed by atoms with Crippen LogP contribution in [-0.4, -0.2) is 22.2 Å². The first-order valence-corrected chi connectivity index (χ1v) is 8.64. The summed E-state index contributed by atoms with van der Waals surface area (Å²) in [6.07, 6.45) is 2.38. The molecule has 0 bridgehead atoms. The molecule has 4 nitrogen and oxygen atoms in total. The summed E-state index contributed by atoms with van der Waals surface area (Å²) >= 11 is 0. The molecular weight excluding hydrogens is 304 g/mol. The summed E-state index contributed by atoms with van der Waals surface area (Å²) in [6, 6.07) is 4.39. The highest BCUT2D eigenvalue weighted by Crippen LogP contribution is 2.35. The Morgan fingerprint density at radius 1 is 1.04 bits per heavy atom. The first-order valence-electron chi connectivity index (χ1n) is 8.64. The lowest BCUT2D eigenvalue weighted by atomic mass is 9.71. The van der Waals surface area contributed by atoms with Crippen LogP contribution in [0.2, 0.25) is 0 Å². The summed E-state index contributed by atoms with van der Waals surface area (Å²) < 4.78 is 0. The van der Waals surface area contributed by atoms with Crippen molar-refractivity contribution >= 4 is 11.9 Å². The minimum Gasteiger partial charge on any atom is -0.450 e. The van der Waals surface area contributed by atoms with E-state index in [0.717, 1.165) is 6.42 Å². The SMILES string of the molecule is Cc1cc(C)c(CC(=O)C2CCCC(C)C2C)c(C)c1.O=C(O)O. The third-order valence-electron chi connectivity index (χ3n) is 5.31. The lowest BCUT2D eigenvalue weighted by Gasteiger charge is -2.33. The molecule has 1 saturated carbocycles. The molecule has 0 amide bonds. The average molecular weight is 334 g/mol. The van der Waals surface area contributed by atoms with Gasteiger partial charge in [0.05, 0.1) is 0 Å². The molecule has 0 aliphatic heterocycles. The zero-order valence-electron chi connectivity index (χ0n) is 15.4. The van der Waals surface area contributed by atoms with Crippen LogP contribution in [0.15, 0.2) is 12.1 Å². The topological polar surface area (TPSA) is 74.6 Å². The highest BCUT2D eigenvalue weighted by molar-refractivity contribution is 5.84. The van der Waals surface area contributed by atoms with Gasteiger partial charge in [-0.1, -0.05) is 44.4 Å². The summed E-state index contributed by atoms with van der Waals surface area (Å²) in [5.74, 6) is 1.97. The van der Waals surface area contributed by atoms with Crippen molar-refractivity contribution in [2.24, 2.45) is 17.8 Å². The summed E-state index contributed by atoms with van der Waals surface area (Å²) in [4.78, 5) is 21.3. The first kappa shape index (κ1) is 20.2. The number of aryl methyl sites for hydroxylation is 3. The number of benzene rings is 1. The maximum atomic E-state index is 12.7. The summed E-state index contributed by atoms with van der Waals surface area (Å²) in [7, 11) is 0. The van der Waals surface area contributed by atoms with Crippen molar-refractivity contribution in [3.05, 3.63) is 34.4 Å². The van der Waals surface area contributed by atoms with Crippen molar-refractivity contribution in [1.82, 2.24) is 0 Å². The van der Waals surface area contributed by atoms with Crippen LogP contribution in [0.1, 0.15) is 55.4 Å². The number of rotatable bonds is 3. The van der Waals surface area contributed by atoms with Gasteiger partial charge in [0, 0.05) is 12.3 Å². The number of hydrogen-bond donors (Lipinski definition) is 2. The maximum Gasteiger partial charge on any atom is 0.503 e. The van der Waals surface area contributed by atoms with Gasteiger partial charge < -0.3 is 10.2 Å². The predicted molar refractivity (Wildman–Crippen MR) is 95.7 cm³/mol. The number of Topliss-reactive ketones (excluding diaryl/α,β-unsaturated/α-hetero) is 1. The van der Waals surface area contributed by atoms with Crippen molar-refractivity contribution < 1.29 is 19.8 Å². The molecule has 1 fully saturated rings. The number of carbonyl (C=O) groups excluding carboxylic acids is 1. The van der Waals surface area contributed by atoms with Gasteiger partial charge in [-0.25, -0.2) is 4.79 Å². The van der Waals surface area contributed by atoms with Crippen LogP contribution in [0.5, 0.6) is 0 Å². The molecule has 1 aliphatic rings. The van der Waals surface area contributed by atoms with Gasteiger partial charge in [-0.05, 0) is 55.7 Å². The van der Waals surface area contributed by atoms with E-state index in [1.54, 1.807) is 0 Å². The average Bonchev–Trinajstić information content (AvgIpc) is 2.45. The van der Waals surface area contributed by atoms with Crippen LogP contribution in [0, 0.1) is 38.5 Å². The van der Waals surface area contributed by atoms with Crippen molar-refractivity contribution in [2.45, 2.75) is 60.3 Å². The summed E-state index contributed by atoms with van der Waals surface area (Å²) in [6.45, 7) is 11.0. The minimum atomic E-state index is -1.83. The van der Waals surface area contributed by atoms with E-state index in [0.29, 0.717) is 24.0 Å². The molecule has 0 aromatic heterocycles. The Balaban J connectivity index is 0.000000648. The zero-order valence-corrected chi connectivity index (χ0v) is 15.4. The van der Waals surface area contributed by atoms with Crippen LogP contribution in [0.25, 0.3) is 0 Å². The second-order valence-electron chi connectivity index (χ2n) is 7.18. The molecule has 0 heterocycles. The third kappa shape index (κ3) is 5.66. The fraction of sp³-hybridized carbons (Fsp3) is 0.600. The Morgan fingerprint density at radius 3 is 2.04 bits per heavy atom. The fourth-order valence-corrected chi connectivity index (χ4v) is 3.83. The number of carboxylic acid groups (broad SMARTS) is 2. The Bertz CT molecular complexity index is 564. The Labute approximate surface area is 144 Å². The first-order chi connectivity index (χ1) is 11.1. The van der Waals surface area contributed by atoms with Gasteiger partial charge in [-0.3, -0.25) is 4.79 Å². The Hall–Kier alpha value is -1.84. The van der Waals surface area contributed by atoms with Crippen molar-refractivity contribution in [3.63, 3.8) is 0 Å². The highest BCUT2D eigenvalue weighted by atomic mass is 16.6. The highest BCUT2D eigenvalue weighted by Gasteiger charge is 2.32. The van der Waals surface area contributed by atoms with E-state index in [2.05, 4.69) is 46.8 Å². The van der Waals surface area contributed by atoms with E-state index in [4.69, 9.17) is 15.0 Å². The van der Waals surface area contributed by atoms with Gasteiger partial charge in [0.2, 0.25) is 0 Å². The Morgan fingerprint density at radius 2 is 1.54 bits per heavy atom. The van der Waals surface area contributed by atoms with Gasteiger partial charge in [-0.2, -0.15) is 0 Å². The minimum absolute atomic E-state index is 0.277. The molecule has 134 valence electrons. The van der Waals surface area contributed by atoms with Crippen molar-refractivity contribution in [2.75, 3.05) is 0 Å². The molecule has 0 spiro atoms. The van der Waals surface area contributed by atoms with Gasteiger partial charge in [-0.15, -0.1) is 0 Å². The van der Waals surface area contributed by atoms with Crippen LogP contribution >= 0.6 is 0 Å². The van der Waals surface area contributed by atoms with E-state index >= 15 is 0 Å². The van der Waals surface area contributed by atoms with E-state index < -0.39 is 6.16 Å². The number of ketones is 1. The molecule has 2 rings (SSSR count). The molecule has 0 saturated heterocycles. The molecule has 1 aliphatic carbocycles. The standard InChI is InChI=1S/C19H28O.CH2O3/c1-12-9-14(3)18(15(4)10-12)11-19(20)17-8-6-7-13(2)16(17)5;2-1(3)4/h9-10,13,16-17H,6-8,11H2,1-5H3;(H2,2,3,4). The quantitative estimate of drug-likeness (QED) is 0.814. The lowest BCUT2D eigenvalue weighted by Crippen LogP contribution is -2.31. The molecule has 3 atom stereocenters. The second kappa shape index (κ2) is 8.86. The molecule has 0 radical (unpaired) electrons. The molecule has 24 heavy (non-hydrogen) atoms. The molecule has 4 heteroatoms. The molecular formula is C20H30O4. The fourth-order valence-electron chi connectivity index (χ4n) is 3.83. The summed E-state index contributed by atoms with van der Waals surface area (Å²) in [5, 5.41) is 13.9. The maximum absolute atomic E-state index is 12.7.